The summed E-state index contributed by atoms with van der Waals surface area (Å²) < 4.78 is 2.86. The normalized spacial score (nSPS) is 11.2. The van der Waals surface area contributed by atoms with Gasteiger partial charge in [-0.15, -0.1) is 0 Å². The maximum absolute atomic E-state index is 8.98. The summed E-state index contributed by atoms with van der Waals surface area (Å²) in [6.07, 6.45) is 0.940. The quantitative estimate of drug-likeness (QED) is 0.885. The number of halogens is 1. The SMILES string of the molecule is CC(C)Cc1nc(CO)c(Br)n1C. The molecule has 0 aliphatic heterocycles. The molecule has 0 saturated carbocycles. The van der Waals surface area contributed by atoms with E-state index >= 15 is 0 Å². The second kappa shape index (κ2) is 4.24. The van der Waals surface area contributed by atoms with E-state index in [0.29, 0.717) is 5.92 Å². The Morgan fingerprint density at radius 2 is 2.15 bits per heavy atom. The van der Waals surface area contributed by atoms with Gasteiger partial charge < -0.3 is 9.67 Å². The Morgan fingerprint density at radius 3 is 2.54 bits per heavy atom. The van der Waals surface area contributed by atoms with Crippen LogP contribution in [0.4, 0.5) is 0 Å². The summed E-state index contributed by atoms with van der Waals surface area (Å²) in [4.78, 5) is 4.33. The lowest BCUT2D eigenvalue weighted by molar-refractivity contribution is 0.276. The highest BCUT2D eigenvalue weighted by Crippen LogP contribution is 2.19. The predicted octanol–water partition coefficient (Wildman–Crippen LogP) is 1.87. The third-order valence-corrected chi connectivity index (χ3v) is 2.91. The van der Waals surface area contributed by atoms with Crippen LogP contribution in [-0.4, -0.2) is 14.7 Å². The van der Waals surface area contributed by atoms with Crippen LogP contribution < -0.4 is 0 Å². The zero-order chi connectivity index (χ0) is 10.0. The van der Waals surface area contributed by atoms with Gasteiger partial charge in [0.2, 0.25) is 0 Å². The lowest BCUT2D eigenvalue weighted by Crippen LogP contribution is -2.02. The van der Waals surface area contributed by atoms with Gasteiger partial charge in [0.25, 0.3) is 0 Å². The van der Waals surface area contributed by atoms with Gasteiger partial charge in [0.15, 0.2) is 0 Å². The molecular formula is C9H15BrN2O. The van der Waals surface area contributed by atoms with Crippen molar-refractivity contribution < 1.29 is 5.11 Å². The zero-order valence-corrected chi connectivity index (χ0v) is 9.80. The molecule has 0 aliphatic carbocycles. The van der Waals surface area contributed by atoms with Crippen LogP contribution in [0.25, 0.3) is 0 Å². The molecule has 1 N–H and O–H groups in total. The minimum absolute atomic E-state index is 0.00742. The maximum atomic E-state index is 8.98. The molecule has 0 fully saturated rings. The fourth-order valence-corrected chi connectivity index (χ4v) is 1.65. The van der Waals surface area contributed by atoms with Crippen LogP contribution in [0.5, 0.6) is 0 Å². The molecule has 1 aromatic heterocycles. The van der Waals surface area contributed by atoms with Crippen LogP contribution in [0.15, 0.2) is 4.60 Å². The van der Waals surface area contributed by atoms with Crippen LogP contribution in [-0.2, 0) is 20.1 Å². The Morgan fingerprint density at radius 1 is 1.54 bits per heavy atom. The van der Waals surface area contributed by atoms with Gasteiger partial charge in [0, 0.05) is 13.5 Å². The monoisotopic (exact) mass is 246 g/mol. The largest absolute Gasteiger partial charge is 0.390 e. The summed E-state index contributed by atoms with van der Waals surface area (Å²) in [5, 5.41) is 8.98. The summed E-state index contributed by atoms with van der Waals surface area (Å²) in [6, 6.07) is 0. The van der Waals surface area contributed by atoms with Gasteiger partial charge in [0.1, 0.15) is 10.4 Å². The lowest BCUT2D eigenvalue weighted by Gasteiger charge is -2.04. The second-order valence-electron chi connectivity index (χ2n) is 3.58. The maximum Gasteiger partial charge on any atom is 0.110 e. The predicted molar refractivity (Wildman–Crippen MR) is 55.4 cm³/mol. The van der Waals surface area contributed by atoms with E-state index in [2.05, 4.69) is 34.8 Å². The average Bonchev–Trinajstić information content (AvgIpc) is 2.32. The molecule has 4 heteroatoms. The number of nitrogens with zero attached hydrogens (tertiary/aromatic N) is 2. The Hall–Kier alpha value is -0.350. The molecule has 0 atom stereocenters. The van der Waals surface area contributed by atoms with Crippen LogP contribution in [0.3, 0.4) is 0 Å². The topological polar surface area (TPSA) is 38.1 Å². The van der Waals surface area contributed by atoms with Gasteiger partial charge in [-0.05, 0) is 21.8 Å². The Labute approximate surface area is 86.9 Å². The van der Waals surface area contributed by atoms with E-state index in [1.807, 2.05) is 11.6 Å². The molecule has 74 valence electrons. The molecule has 0 bridgehead atoms. The molecule has 3 nitrogen and oxygen atoms in total. The minimum Gasteiger partial charge on any atom is -0.390 e. The summed E-state index contributed by atoms with van der Waals surface area (Å²) in [5.74, 6) is 1.60. The summed E-state index contributed by atoms with van der Waals surface area (Å²) in [5.41, 5.74) is 0.721. The highest BCUT2D eigenvalue weighted by atomic mass is 79.9. The molecule has 0 amide bonds. The standard InChI is InChI=1S/C9H15BrN2O/c1-6(2)4-8-11-7(5-13)9(10)12(8)3/h6,13H,4-5H2,1-3H3. The van der Waals surface area contributed by atoms with Gasteiger partial charge in [-0.2, -0.15) is 0 Å². The Kier molecular flexibility index (Phi) is 3.50. The fraction of sp³-hybridized carbons (Fsp3) is 0.667. The van der Waals surface area contributed by atoms with Gasteiger partial charge >= 0.3 is 0 Å². The highest BCUT2D eigenvalue weighted by molar-refractivity contribution is 9.10. The van der Waals surface area contributed by atoms with Crippen molar-refractivity contribution in [3.8, 4) is 0 Å². The van der Waals surface area contributed by atoms with Crippen molar-refractivity contribution in [3.05, 3.63) is 16.1 Å². The molecule has 0 saturated heterocycles. The second-order valence-corrected chi connectivity index (χ2v) is 4.33. The third kappa shape index (κ3) is 2.31. The first-order valence-electron chi connectivity index (χ1n) is 4.37. The summed E-state index contributed by atoms with van der Waals surface area (Å²) in [7, 11) is 1.95. The van der Waals surface area contributed by atoms with Crippen molar-refractivity contribution in [1.29, 1.82) is 0 Å². The molecule has 1 heterocycles. The molecule has 0 aromatic carbocycles. The van der Waals surface area contributed by atoms with Crippen LogP contribution in [0.2, 0.25) is 0 Å². The van der Waals surface area contributed by atoms with Crippen molar-refractivity contribution in [2.75, 3.05) is 0 Å². The first-order chi connectivity index (χ1) is 6.06. The van der Waals surface area contributed by atoms with E-state index in [0.717, 1.165) is 22.5 Å². The number of aliphatic hydroxyl groups excluding tert-OH is 1. The van der Waals surface area contributed by atoms with Crippen LogP contribution in [0, 0.1) is 5.92 Å². The molecule has 13 heavy (non-hydrogen) atoms. The molecule has 0 unspecified atom stereocenters. The van der Waals surface area contributed by atoms with Gasteiger partial charge in [-0.25, -0.2) is 4.98 Å². The van der Waals surface area contributed by atoms with Gasteiger partial charge in [-0.1, -0.05) is 13.8 Å². The van der Waals surface area contributed by atoms with E-state index in [1.54, 1.807) is 0 Å². The van der Waals surface area contributed by atoms with Gasteiger partial charge in [0.05, 0.1) is 12.3 Å². The molecular weight excluding hydrogens is 232 g/mol. The fourth-order valence-electron chi connectivity index (χ4n) is 1.23. The van der Waals surface area contributed by atoms with Crippen molar-refractivity contribution in [3.63, 3.8) is 0 Å². The number of hydrogen-bond acceptors (Lipinski definition) is 2. The smallest absolute Gasteiger partial charge is 0.110 e. The van der Waals surface area contributed by atoms with E-state index in [9.17, 15) is 0 Å². The van der Waals surface area contributed by atoms with Crippen molar-refractivity contribution >= 4 is 15.9 Å². The number of rotatable bonds is 3. The van der Waals surface area contributed by atoms with E-state index < -0.39 is 0 Å². The Bertz CT molecular complexity index is 294. The highest BCUT2D eigenvalue weighted by Gasteiger charge is 2.11. The first kappa shape index (κ1) is 10.7. The molecule has 0 spiro atoms. The van der Waals surface area contributed by atoms with Crippen molar-refractivity contribution in [1.82, 2.24) is 9.55 Å². The number of hydrogen-bond donors (Lipinski definition) is 1. The van der Waals surface area contributed by atoms with Crippen molar-refractivity contribution in [2.45, 2.75) is 26.9 Å². The minimum atomic E-state index is -0.00742. The molecule has 0 aliphatic rings. The molecule has 1 rings (SSSR count). The molecule has 0 radical (unpaired) electrons. The van der Waals surface area contributed by atoms with Crippen LogP contribution in [0.1, 0.15) is 25.4 Å². The lowest BCUT2D eigenvalue weighted by atomic mass is 10.1. The van der Waals surface area contributed by atoms with Crippen LogP contribution >= 0.6 is 15.9 Å². The third-order valence-electron chi connectivity index (χ3n) is 1.92. The van der Waals surface area contributed by atoms with E-state index in [-0.39, 0.29) is 6.61 Å². The van der Waals surface area contributed by atoms with E-state index in [4.69, 9.17) is 5.11 Å². The number of aliphatic hydroxyl groups is 1. The number of aromatic nitrogens is 2. The number of imidazole rings is 1. The zero-order valence-electron chi connectivity index (χ0n) is 8.21. The summed E-state index contributed by atoms with van der Waals surface area (Å²) in [6.45, 7) is 4.30. The van der Waals surface area contributed by atoms with Crippen molar-refractivity contribution in [2.24, 2.45) is 13.0 Å². The van der Waals surface area contributed by atoms with Gasteiger partial charge in [-0.3, -0.25) is 0 Å². The Balaban J connectivity index is 2.95. The average molecular weight is 247 g/mol. The molecule has 1 aromatic rings. The summed E-state index contributed by atoms with van der Waals surface area (Å²) >= 11 is 3.39. The van der Waals surface area contributed by atoms with E-state index in [1.165, 1.54) is 0 Å². The first-order valence-corrected chi connectivity index (χ1v) is 5.16.